The summed E-state index contributed by atoms with van der Waals surface area (Å²) in [4.78, 5) is 43.6. The Balaban J connectivity index is 1.58. The lowest BCUT2D eigenvalue weighted by Gasteiger charge is -2.37. The number of piperazine rings is 1. The third-order valence-corrected chi connectivity index (χ3v) is 5.90. The predicted molar refractivity (Wildman–Crippen MR) is 122 cm³/mol. The maximum Gasteiger partial charge on any atom is 0.410 e. The maximum absolute atomic E-state index is 13.2. The molecule has 2 aliphatic heterocycles. The molecule has 0 bridgehead atoms. The molecule has 3 amide bonds. The first-order valence-corrected chi connectivity index (χ1v) is 11.4. The second-order valence-electron chi connectivity index (χ2n) is 9.40. The Labute approximate surface area is 195 Å². The molecule has 0 aromatic heterocycles. The first-order valence-electron chi connectivity index (χ1n) is 11.4. The number of nitrogens with zero attached hydrogens (tertiary/aromatic N) is 3. The maximum atomic E-state index is 13.2. The fourth-order valence-corrected chi connectivity index (χ4v) is 4.24. The monoisotopic (exact) mass is 461 g/mol. The van der Waals surface area contributed by atoms with Crippen molar-refractivity contribution in [3.63, 3.8) is 0 Å². The van der Waals surface area contributed by atoms with E-state index in [9.17, 15) is 14.4 Å². The second-order valence-corrected chi connectivity index (χ2v) is 9.40. The van der Waals surface area contributed by atoms with E-state index in [0.717, 1.165) is 12.0 Å². The van der Waals surface area contributed by atoms with Gasteiger partial charge in [0.05, 0.1) is 20.6 Å². The second kappa shape index (κ2) is 10.3. The van der Waals surface area contributed by atoms with Crippen molar-refractivity contribution in [2.75, 3.05) is 46.9 Å². The lowest BCUT2D eigenvalue weighted by molar-refractivity contribution is -0.144. The van der Waals surface area contributed by atoms with Crippen LogP contribution in [0, 0.1) is 0 Å². The van der Waals surface area contributed by atoms with Crippen LogP contribution in [0.3, 0.4) is 0 Å². The first-order chi connectivity index (χ1) is 15.6. The van der Waals surface area contributed by atoms with Gasteiger partial charge in [0.15, 0.2) is 11.5 Å². The third kappa shape index (κ3) is 6.09. The van der Waals surface area contributed by atoms with E-state index < -0.39 is 11.6 Å². The number of carbonyl (C=O) groups excluding carboxylic acids is 3. The quantitative estimate of drug-likeness (QED) is 0.669. The zero-order valence-electron chi connectivity index (χ0n) is 20.3. The zero-order chi connectivity index (χ0) is 24.2. The van der Waals surface area contributed by atoms with E-state index in [0.29, 0.717) is 50.6 Å². The van der Waals surface area contributed by atoms with Crippen LogP contribution in [0.15, 0.2) is 18.2 Å². The van der Waals surface area contributed by atoms with Crippen molar-refractivity contribution < 1.29 is 28.6 Å². The Morgan fingerprint density at radius 1 is 0.939 bits per heavy atom. The minimum atomic E-state index is -0.553. The van der Waals surface area contributed by atoms with Crippen molar-refractivity contribution in [2.45, 2.75) is 51.7 Å². The summed E-state index contributed by atoms with van der Waals surface area (Å²) in [6, 6.07) is 4.95. The molecular weight excluding hydrogens is 426 g/mol. The van der Waals surface area contributed by atoms with Crippen LogP contribution in [0.5, 0.6) is 11.5 Å². The summed E-state index contributed by atoms with van der Waals surface area (Å²) in [7, 11) is 3.12. The summed E-state index contributed by atoms with van der Waals surface area (Å²) < 4.78 is 16.0. The molecular formula is C24H35N3O6. The highest BCUT2D eigenvalue weighted by molar-refractivity contribution is 5.89. The van der Waals surface area contributed by atoms with Crippen LogP contribution in [0.2, 0.25) is 0 Å². The van der Waals surface area contributed by atoms with E-state index in [-0.39, 0.29) is 24.3 Å². The van der Waals surface area contributed by atoms with Crippen molar-refractivity contribution in [3.05, 3.63) is 23.8 Å². The number of rotatable bonds is 5. The topological polar surface area (TPSA) is 88.6 Å². The number of likely N-dealkylation sites (tertiary alicyclic amines) is 1. The molecule has 9 nitrogen and oxygen atoms in total. The van der Waals surface area contributed by atoms with Gasteiger partial charge < -0.3 is 28.9 Å². The highest BCUT2D eigenvalue weighted by Gasteiger charge is 2.38. The molecule has 182 valence electrons. The molecule has 1 aromatic carbocycles. The minimum absolute atomic E-state index is 0.0444. The Morgan fingerprint density at radius 3 is 2.18 bits per heavy atom. The average molecular weight is 462 g/mol. The molecule has 2 aliphatic rings. The van der Waals surface area contributed by atoms with Gasteiger partial charge in [0.25, 0.3) is 0 Å². The number of carbonyl (C=O) groups is 3. The average Bonchev–Trinajstić information content (AvgIpc) is 3.27. The number of hydrogen-bond donors (Lipinski definition) is 0. The van der Waals surface area contributed by atoms with Gasteiger partial charge in [-0.1, -0.05) is 6.07 Å². The molecule has 0 aliphatic carbocycles. The molecule has 0 radical (unpaired) electrons. The largest absolute Gasteiger partial charge is 0.493 e. The van der Waals surface area contributed by atoms with Crippen molar-refractivity contribution in [2.24, 2.45) is 0 Å². The van der Waals surface area contributed by atoms with E-state index in [1.807, 2.05) is 26.8 Å². The fraction of sp³-hybridized carbons (Fsp3) is 0.625. The molecule has 1 atom stereocenters. The summed E-state index contributed by atoms with van der Waals surface area (Å²) in [5.74, 6) is 1.05. The van der Waals surface area contributed by atoms with Gasteiger partial charge >= 0.3 is 6.09 Å². The summed E-state index contributed by atoms with van der Waals surface area (Å²) in [6.45, 7) is 7.79. The SMILES string of the molecule is COc1ccc(CC(=O)N2CCCC2C(=O)N2CCN(C(=O)OC(C)(C)C)CC2)cc1OC. The Hall–Kier alpha value is -2.97. The molecule has 2 fully saturated rings. The van der Waals surface area contributed by atoms with E-state index in [1.165, 1.54) is 0 Å². The number of amides is 3. The first kappa shape index (κ1) is 24.7. The van der Waals surface area contributed by atoms with E-state index in [4.69, 9.17) is 14.2 Å². The van der Waals surface area contributed by atoms with Crippen LogP contribution in [0.25, 0.3) is 0 Å². The molecule has 3 rings (SSSR count). The molecule has 0 saturated carbocycles. The summed E-state index contributed by atoms with van der Waals surface area (Å²) in [6.07, 6.45) is 1.29. The molecule has 0 spiro atoms. The van der Waals surface area contributed by atoms with Crippen molar-refractivity contribution in [1.82, 2.24) is 14.7 Å². The van der Waals surface area contributed by atoms with E-state index in [2.05, 4.69) is 0 Å². The van der Waals surface area contributed by atoms with Gasteiger partial charge in [-0.15, -0.1) is 0 Å². The van der Waals surface area contributed by atoms with Crippen LogP contribution in [-0.2, 0) is 20.7 Å². The minimum Gasteiger partial charge on any atom is -0.493 e. The van der Waals surface area contributed by atoms with E-state index in [1.54, 1.807) is 41.1 Å². The van der Waals surface area contributed by atoms with Gasteiger partial charge in [0.1, 0.15) is 11.6 Å². The van der Waals surface area contributed by atoms with Crippen molar-refractivity contribution in [1.29, 1.82) is 0 Å². The standard InChI is InChI=1S/C24H35N3O6/c1-24(2,3)33-23(30)26-13-11-25(12-14-26)22(29)18-7-6-10-27(18)21(28)16-17-8-9-19(31-4)20(15-17)32-5/h8-9,15,18H,6-7,10-14,16H2,1-5H3. The molecule has 1 unspecified atom stereocenters. The van der Waals surface area contributed by atoms with Crippen LogP contribution in [0.4, 0.5) is 4.79 Å². The summed E-state index contributed by atoms with van der Waals surface area (Å²) in [5, 5.41) is 0. The number of methoxy groups -OCH3 is 2. The van der Waals surface area contributed by atoms with Gasteiger partial charge in [-0.2, -0.15) is 0 Å². The van der Waals surface area contributed by atoms with Crippen LogP contribution < -0.4 is 9.47 Å². The van der Waals surface area contributed by atoms with Crippen LogP contribution >= 0.6 is 0 Å². The number of hydrogen-bond acceptors (Lipinski definition) is 6. The molecule has 0 N–H and O–H groups in total. The van der Waals surface area contributed by atoms with Crippen molar-refractivity contribution in [3.8, 4) is 11.5 Å². The summed E-state index contributed by atoms with van der Waals surface area (Å²) >= 11 is 0. The van der Waals surface area contributed by atoms with Gasteiger partial charge in [0.2, 0.25) is 11.8 Å². The molecule has 2 saturated heterocycles. The highest BCUT2D eigenvalue weighted by atomic mass is 16.6. The van der Waals surface area contributed by atoms with Gasteiger partial charge in [-0.3, -0.25) is 9.59 Å². The Morgan fingerprint density at radius 2 is 1.58 bits per heavy atom. The fourth-order valence-electron chi connectivity index (χ4n) is 4.24. The number of ether oxygens (including phenoxy) is 3. The van der Waals surface area contributed by atoms with Gasteiger partial charge in [-0.25, -0.2) is 4.79 Å². The predicted octanol–water partition coefficient (Wildman–Crippen LogP) is 2.32. The zero-order valence-corrected chi connectivity index (χ0v) is 20.3. The lowest BCUT2D eigenvalue weighted by atomic mass is 10.1. The normalized spacial score (nSPS) is 18.8. The third-order valence-electron chi connectivity index (χ3n) is 5.90. The summed E-state index contributed by atoms with van der Waals surface area (Å²) in [5.41, 5.74) is 0.254. The van der Waals surface area contributed by atoms with E-state index >= 15 is 0 Å². The molecule has 9 heteroatoms. The van der Waals surface area contributed by atoms with Crippen molar-refractivity contribution >= 4 is 17.9 Å². The smallest absolute Gasteiger partial charge is 0.410 e. The van der Waals surface area contributed by atoms with Crippen LogP contribution in [0.1, 0.15) is 39.2 Å². The highest BCUT2D eigenvalue weighted by Crippen LogP contribution is 2.28. The molecule has 33 heavy (non-hydrogen) atoms. The Kier molecular flexibility index (Phi) is 7.71. The van der Waals surface area contributed by atoms with Gasteiger partial charge in [-0.05, 0) is 51.3 Å². The number of benzene rings is 1. The Bertz CT molecular complexity index is 873. The lowest BCUT2D eigenvalue weighted by Crippen LogP contribution is -2.56. The van der Waals surface area contributed by atoms with Crippen LogP contribution in [-0.4, -0.2) is 91.2 Å². The van der Waals surface area contributed by atoms with Gasteiger partial charge in [0, 0.05) is 32.7 Å². The molecule has 2 heterocycles. The molecule has 1 aromatic rings.